The molecule has 0 fully saturated rings. The minimum absolute atomic E-state index is 0.257. The zero-order valence-corrected chi connectivity index (χ0v) is 12.1. The molecule has 1 aromatic rings. The van der Waals surface area contributed by atoms with E-state index in [1.54, 1.807) is 0 Å². The van der Waals surface area contributed by atoms with Gasteiger partial charge in [-0.2, -0.15) is 0 Å². The molecule has 0 aliphatic heterocycles. The normalized spacial score (nSPS) is 12.7. The molecule has 1 N–H and O–H groups in total. The third-order valence-electron chi connectivity index (χ3n) is 3.04. The predicted octanol–water partition coefficient (Wildman–Crippen LogP) is 5.22. The number of nitrogens with one attached hydrogen (secondary N) is 1. The molecule has 0 radical (unpaired) electrons. The van der Waals surface area contributed by atoms with Crippen molar-refractivity contribution in [3.8, 4) is 0 Å². The van der Waals surface area contributed by atoms with Gasteiger partial charge in [0.2, 0.25) is 0 Å². The summed E-state index contributed by atoms with van der Waals surface area (Å²) in [5, 5.41) is 4.82. The molecule has 0 aliphatic carbocycles. The van der Waals surface area contributed by atoms with Gasteiger partial charge < -0.3 is 5.32 Å². The maximum Gasteiger partial charge on any atom is 0.0468 e. The second kappa shape index (κ2) is 7.97. The van der Waals surface area contributed by atoms with Gasteiger partial charge in [0.05, 0.1) is 0 Å². The lowest BCUT2D eigenvalue weighted by Gasteiger charge is -2.19. The summed E-state index contributed by atoms with van der Waals surface area (Å²) >= 11 is 12.4. The fraction of sp³-hybridized carbons (Fsp3) is 0.571. The zero-order chi connectivity index (χ0) is 12.7. The minimum atomic E-state index is 0.257. The highest BCUT2D eigenvalue weighted by Gasteiger charge is 2.15. The lowest BCUT2D eigenvalue weighted by Crippen LogP contribution is -2.17. The van der Waals surface area contributed by atoms with Crippen molar-refractivity contribution < 1.29 is 0 Å². The largest absolute Gasteiger partial charge is 0.313 e. The van der Waals surface area contributed by atoms with Crippen LogP contribution in [0.3, 0.4) is 0 Å². The van der Waals surface area contributed by atoms with Crippen LogP contribution in [-0.4, -0.2) is 7.05 Å². The second-order valence-electron chi connectivity index (χ2n) is 4.33. The molecule has 17 heavy (non-hydrogen) atoms. The molecular weight excluding hydrogens is 253 g/mol. The average molecular weight is 274 g/mol. The van der Waals surface area contributed by atoms with E-state index in [0.29, 0.717) is 0 Å². The Hall–Kier alpha value is -0.240. The highest BCUT2D eigenvalue weighted by molar-refractivity contribution is 6.36. The van der Waals surface area contributed by atoms with E-state index in [4.69, 9.17) is 23.2 Å². The third-order valence-corrected chi connectivity index (χ3v) is 3.70. The molecule has 0 aromatic heterocycles. The topological polar surface area (TPSA) is 12.0 Å². The van der Waals surface area contributed by atoms with E-state index in [1.165, 1.54) is 25.7 Å². The van der Waals surface area contributed by atoms with Crippen molar-refractivity contribution in [2.45, 2.75) is 45.1 Å². The Balaban J connectivity index is 2.66. The Morgan fingerprint density at radius 2 is 1.76 bits per heavy atom. The molecule has 0 saturated carbocycles. The SMILES string of the molecule is CCCCCCC(NC)c1c(Cl)cccc1Cl. The number of hydrogen-bond donors (Lipinski definition) is 1. The summed E-state index contributed by atoms with van der Waals surface area (Å²) < 4.78 is 0. The molecule has 1 unspecified atom stereocenters. The van der Waals surface area contributed by atoms with Crippen molar-refractivity contribution in [1.29, 1.82) is 0 Å². The van der Waals surface area contributed by atoms with Gasteiger partial charge in [0.1, 0.15) is 0 Å². The number of unbranched alkanes of at least 4 members (excludes halogenated alkanes) is 3. The lowest BCUT2D eigenvalue weighted by atomic mass is 10.00. The van der Waals surface area contributed by atoms with Gasteiger partial charge in [-0.3, -0.25) is 0 Å². The van der Waals surface area contributed by atoms with Crippen LogP contribution in [0.25, 0.3) is 0 Å². The zero-order valence-electron chi connectivity index (χ0n) is 10.6. The first-order chi connectivity index (χ1) is 8.20. The fourth-order valence-electron chi connectivity index (χ4n) is 2.05. The Kier molecular flexibility index (Phi) is 6.94. The third kappa shape index (κ3) is 4.50. The van der Waals surface area contributed by atoms with Gasteiger partial charge in [0, 0.05) is 21.7 Å². The van der Waals surface area contributed by atoms with Crippen LogP contribution in [0.4, 0.5) is 0 Å². The molecule has 3 heteroatoms. The molecule has 0 heterocycles. The molecule has 1 rings (SSSR count). The van der Waals surface area contributed by atoms with Crippen molar-refractivity contribution in [2.75, 3.05) is 7.05 Å². The van der Waals surface area contributed by atoms with E-state index in [0.717, 1.165) is 22.0 Å². The van der Waals surface area contributed by atoms with Gasteiger partial charge in [-0.15, -0.1) is 0 Å². The van der Waals surface area contributed by atoms with E-state index < -0.39 is 0 Å². The Morgan fingerprint density at radius 1 is 1.12 bits per heavy atom. The standard InChI is InChI=1S/C14H21Cl2N/c1-3-4-5-6-10-13(17-2)14-11(15)8-7-9-12(14)16/h7-9,13,17H,3-6,10H2,1-2H3. The predicted molar refractivity (Wildman–Crippen MR) is 77.0 cm³/mol. The molecule has 1 aromatic carbocycles. The van der Waals surface area contributed by atoms with Crippen LogP contribution in [0.1, 0.15) is 50.6 Å². The Morgan fingerprint density at radius 3 is 2.29 bits per heavy atom. The summed E-state index contributed by atoms with van der Waals surface area (Å²) in [5.41, 5.74) is 1.04. The van der Waals surface area contributed by atoms with E-state index in [-0.39, 0.29) is 6.04 Å². The lowest BCUT2D eigenvalue weighted by molar-refractivity contribution is 0.505. The van der Waals surface area contributed by atoms with Crippen molar-refractivity contribution >= 4 is 23.2 Å². The molecule has 0 amide bonds. The maximum absolute atomic E-state index is 6.22. The molecule has 96 valence electrons. The smallest absolute Gasteiger partial charge is 0.0468 e. The molecular formula is C14H21Cl2N. The van der Waals surface area contributed by atoms with Crippen LogP contribution in [-0.2, 0) is 0 Å². The van der Waals surface area contributed by atoms with Crippen LogP contribution in [0.2, 0.25) is 10.0 Å². The van der Waals surface area contributed by atoms with Crippen LogP contribution in [0.15, 0.2) is 18.2 Å². The van der Waals surface area contributed by atoms with E-state index >= 15 is 0 Å². The first-order valence-corrected chi connectivity index (χ1v) is 7.07. The molecule has 1 atom stereocenters. The highest BCUT2D eigenvalue weighted by atomic mass is 35.5. The van der Waals surface area contributed by atoms with Crippen LogP contribution < -0.4 is 5.32 Å². The summed E-state index contributed by atoms with van der Waals surface area (Å²) in [4.78, 5) is 0. The van der Waals surface area contributed by atoms with Crippen molar-refractivity contribution in [3.63, 3.8) is 0 Å². The van der Waals surface area contributed by atoms with E-state index in [2.05, 4.69) is 12.2 Å². The summed E-state index contributed by atoms with van der Waals surface area (Å²) in [7, 11) is 1.96. The van der Waals surface area contributed by atoms with E-state index in [1.807, 2.05) is 25.2 Å². The molecule has 0 saturated heterocycles. The van der Waals surface area contributed by atoms with Crippen LogP contribution in [0, 0.1) is 0 Å². The summed E-state index contributed by atoms with van der Waals surface area (Å²) in [6.45, 7) is 2.22. The number of halogens is 2. The Bertz CT molecular complexity index is 319. The van der Waals surface area contributed by atoms with Crippen LogP contribution in [0.5, 0.6) is 0 Å². The quantitative estimate of drug-likeness (QED) is 0.672. The number of benzene rings is 1. The first-order valence-electron chi connectivity index (χ1n) is 6.31. The molecule has 0 bridgehead atoms. The first kappa shape index (κ1) is 14.8. The summed E-state index contributed by atoms with van der Waals surface area (Å²) in [6, 6.07) is 5.95. The number of hydrogen-bond acceptors (Lipinski definition) is 1. The van der Waals surface area contributed by atoms with Gasteiger partial charge in [-0.25, -0.2) is 0 Å². The highest BCUT2D eigenvalue weighted by Crippen LogP contribution is 2.32. The summed E-state index contributed by atoms with van der Waals surface area (Å²) in [6.07, 6.45) is 6.13. The van der Waals surface area contributed by atoms with Crippen molar-refractivity contribution in [3.05, 3.63) is 33.8 Å². The maximum atomic E-state index is 6.22. The second-order valence-corrected chi connectivity index (χ2v) is 5.14. The molecule has 1 nitrogen and oxygen atoms in total. The monoisotopic (exact) mass is 273 g/mol. The fourth-order valence-corrected chi connectivity index (χ4v) is 2.71. The number of rotatable bonds is 7. The molecule has 0 spiro atoms. The van der Waals surface area contributed by atoms with Crippen molar-refractivity contribution in [1.82, 2.24) is 5.32 Å². The van der Waals surface area contributed by atoms with Gasteiger partial charge in [0.25, 0.3) is 0 Å². The van der Waals surface area contributed by atoms with E-state index in [9.17, 15) is 0 Å². The average Bonchev–Trinajstić information content (AvgIpc) is 2.31. The molecule has 0 aliphatic rings. The summed E-state index contributed by atoms with van der Waals surface area (Å²) in [5.74, 6) is 0. The van der Waals surface area contributed by atoms with Gasteiger partial charge in [0.15, 0.2) is 0 Å². The minimum Gasteiger partial charge on any atom is -0.313 e. The van der Waals surface area contributed by atoms with Crippen molar-refractivity contribution in [2.24, 2.45) is 0 Å². The van der Waals surface area contributed by atoms with Crippen LogP contribution >= 0.6 is 23.2 Å². The Labute approximate surface area is 115 Å². The van der Waals surface area contributed by atoms with Gasteiger partial charge in [-0.05, 0) is 25.6 Å². The van der Waals surface area contributed by atoms with Gasteiger partial charge in [-0.1, -0.05) is 61.9 Å². The van der Waals surface area contributed by atoms with Gasteiger partial charge >= 0.3 is 0 Å².